The zero-order valence-corrected chi connectivity index (χ0v) is 13.3. The van der Waals surface area contributed by atoms with Crippen molar-refractivity contribution in [1.29, 1.82) is 0 Å². The second kappa shape index (κ2) is 6.54. The van der Waals surface area contributed by atoms with Gasteiger partial charge in [-0.15, -0.1) is 0 Å². The number of allylic oxidation sites excluding steroid dienone is 2. The summed E-state index contributed by atoms with van der Waals surface area (Å²) in [6, 6.07) is 7.77. The van der Waals surface area contributed by atoms with Crippen LogP contribution in [-0.4, -0.2) is 29.1 Å². The standard InChI is InChI=1S/C18H18F3NO3/c19-18(20,21)16(23)14-11-7-4-8-12(11)15(14)22-13(17(24)25)9-10-5-2-1-3-6-10/h1-3,5-6,11-13,22H,4,7-9H2,(H,24,25). The van der Waals surface area contributed by atoms with Gasteiger partial charge >= 0.3 is 12.1 Å². The van der Waals surface area contributed by atoms with Gasteiger partial charge in [0.25, 0.3) is 5.78 Å². The summed E-state index contributed by atoms with van der Waals surface area (Å²) >= 11 is 0. The van der Waals surface area contributed by atoms with Crippen LogP contribution in [0.5, 0.6) is 0 Å². The molecule has 0 radical (unpaired) electrons. The van der Waals surface area contributed by atoms with E-state index < -0.39 is 29.9 Å². The van der Waals surface area contributed by atoms with Crippen LogP contribution in [0.2, 0.25) is 0 Å². The van der Waals surface area contributed by atoms with Crippen molar-refractivity contribution in [3.63, 3.8) is 0 Å². The monoisotopic (exact) mass is 353 g/mol. The summed E-state index contributed by atoms with van der Waals surface area (Å²) in [4.78, 5) is 23.3. The lowest BCUT2D eigenvalue weighted by molar-refractivity contribution is -0.168. The Hall–Kier alpha value is -2.31. The summed E-state index contributed by atoms with van der Waals surface area (Å²) in [6.07, 6.45) is -2.84. The molecule has 4 nitrogen and oxygen atoms in total. The second-order valence-electron chi connectivity index (χ2n) is 6.52. The molecule has 2 aliphatic rings. The highest BCUT2D eigenvalue weighted by molar-refractivity contribution is 6.02. The number of rotatable bonds is 6. The molecule has 0 heterocycles. The van der Waals surface area contributed by atoms with Crippen molar-refractivity contribution in [2.75, 3.05) is 0 Å². The van der Waals surface area contributed by atoms with Crippen molar-refractivity contribution in [3.8, 4) is 0 Å². The fourth-order valence-corrected chi connectivity index (χ4v) is 3.82. The van der Waals surface area contributed by atoms with Gasteiger partial charge in [-0.3, -0.25) is 4.79 Å². The van der Waals surface area contributed by atoms with Crippen LogP contribution in [0.1, 0.15) is 24.8 Å². The number of ketones is 1. The third kappa shape index (κ3) is 3.41. The molecule has 3 rings (SSSR count). The first-order chi connectivity index (χ1) is 11.8. The van der Waals surface area contributed by atoms with E-state index in [1.807, 2.05) is 0 Å². The maximum absolute atomic E-state index is 12.9. The number of Topliss-reactive ketones (excluding diaryl/α,β-unsaturated/α-hetero) is 1. The summed E-state index contributed by atoms with van der Waals surface area (Å²) in [5, 5.41) is 12.2. The average molecular weight is 353 g/mol. The Balaban J connectivity index is 1.85. The number of alkyl halides is 3. The number of hydrogen-bond donors (Lipinski definition) is 2. The smallest absolute Gasteiger partial charge is 0.454 e. The normalized spacial score (nSPS) is 23.6. The summed E-state index contributed by atoms with van der Waals surface area (Å²) in [5.41, 5.74) is 0.663. The van der Waals surface area contributed by atoms with E-state index in [9.17, 15) is 27.9 Å². The first-order valence-corrected chi connectivity index (χ1v) is 8.18. The van der Waals surface area contributed by atoms with Crippen LogP contribution < -0.4 is 5.32 Å². The molecule has 1 saturated carbocycles. The molecule has 7 heteroatoms. The number of nitrogens with one attached hydrogen (secondary N) is 1. The lowest BCUT2D eigenvalue weighted by Gasteiger charge is -2.39. The van der Waals surface area contributed by atoms with Crippen molar-refractivity contribution in [2.24, 2.45) is 11.8 Å². The van der Waals surface area contributed by atoms with E-state index in [1.54, 1.807) is 30.3 Å². The predicted octanol–water partition coefficient (Wildman–Crippen LogP) is 3.09. The van der Waals surface area contributed by atoms with E-state index in [0.717, 1.165) is 12.0 Å². The molecular weight excluding hydrogens is 335 g/mol. The van der Waals surface area contributed by atoms with Crippen LogP contribution in [-0.2, 0) is 16.0 Å². The Kier molecular flexibility index (Phi) is 4.58. The van der Waals surface area contributed by atoms with Gasteiger partial charge in [0.1, 0.15) is 6.04 Å². The van der Waals surface area contributed by atoms with Crippen LogP contribution >= 0.6 is 0 Å². The van der Waals surface area contributed by atoms with Crippen molar-refractivity contribution in [2.45, 2.75) is 37.9 Å². The molecule has 1 aromatic carbocycles. The van der Waals surface area contributed by atoms with Crippen molar-refractivity contribution < 1.29 is 27.9 Å². The minimum Gasteiger partial charge on any atom is -0.480 e. The molecule has 3 unspecified atom stereocenters. The van der Waals surface area contributed by atoms with E-state index in [-0.39, 0.29) is 23.6 Å². The van der Waals surface area contributed by atoms with Gasteiger partial charge in [0, 0.05) is 23.6 Å². The largest absolute Gasteiger partial charge is 0.480 e. The number of fused-ring (bicyclic) bond motifs is 1. The Morgan fingerprint density at radius 2 is 1.80 bits per heavy atom. The van der Waals surface area contributed by atoms with E-state index in [2.05, 4.69) is 5.32 Å². The maximum Gasteiger partial charge on any atom is 0.454 e. The van der Waals surface area contributed by atoms with Gasteiger partial charge < -0.3 is 10.4 Å². The summed E-state index contributed by atoms with van der Waals surface area (Å²) in [7, 11) is 0. The fraction of sp³-hybridized carbons (Fsp3) is 0.444. The first-order valence-electron chi connectivity index (χ1n) is 8.18. The molecule has 0 aliphatic heterocycles. The van der Waals surface area contributed by atoms with Gasteiger partial charge in [-0.25, -0.2) is 4.79 Å². The van der Waals surface area contributed by atoms with Crippen LogP contribution in [0.3, 0.4) is 0 Å². The number of carboxylic acid groups (broad SMARTS) is 1. The van der Waals surface area contributed by atoms with Gasteiger partial charge in [-0.05, 0) is 24.3 Å². The van der Waals surface area contributed by atoms with Crippen molar-refractivity contribution in [1.82, 2.24) is 5.32 Å². The van der Waals surface area contributed by atoms with E-state index in [4.69, 9.17) is 0 Å². The first kappa shape index (κ1) is 17.5. The molecule has 25 heavy (non-hydrogen) atoms. The van der Waals surface area contributed by atoms with Gasteiger partial charge in [0.05, 0.1) is 0 Å². The van der Waals surface area contributed by atoms with Crippen molar-refractivity contribution in [3.05, 3.63) is 47.2 Å². The average Bonchev–Trinajstić information content (AvgIpc) is 2.95. The number of carbonyl (C=O) groups is 2. The lowest BCUT2D eigenvalue weighted by Crippen LogP contribution is -2.48. The SMILES string of the molecule is O=C(O)C(Cc1ccccc1)NC1=C(C(=O)C(F)(F)F)C2CCCC12. The Bertz CT molecular complexity index is 712. The zero-order valence-electron chi connectivity index (χ0n) is 13.3. The van der Waals surface area contributed by atoms with Gasteiger partial charge in [-0.1, -0.05) is 36.8 Å². The third-order valence-corrected chi connectivity index (χ3v) is 4.96. The number of halogens is 3. The highest BCUT2D eigenvalue weighted by Gasteiger charge is 2.53. The second-order valence-corrected chi connectivity index (χ2v) is 6.52. The molecule has 2 N–H and O–H groups in total. The number of aliphatic carboxylic acids is 1. The van der Waals surface area contributed by atoms with Crippen LogP contribution in [0, 0.1) is 11.8 Å². The molecule has 0 amide bonds. The number of carboxylic acids is 1. The summed E-state index contributed by atoms with van der Waals surface area (Å²) in [6.45, 7) is 0. The summed E-state index contributed by atoms with van der Waals surface area (Å²) in [5.74, 6) is -3.57. The van der Waals surface area contributed by atoms with Crippen LogP contribution in [0.15, 0.2) is 41.6 Å². The Labute approximate surface area is 142 Å². The predicted molar refractivity (Wildman–Crippen MR) is 83.6 cm³/mol. The molecular formula is C18H18F3NO3. The maximum atomic E-state index is 12.9. The highest BCUT2D eigenvalue weighted by Crippen LogP contribution is 2.52. The van der Waals surface area contributed by atoms with Crippen LogP contribution in [0.4, 0.5) is 13.2 Å². The van der Waals surface area contributed by atoms with E-state index >= 15 is 0 Å². The number of carbonyl (C=O) groups excluding carboxylic acids is 1. The topological polar surface area (TPSA) is 66.4 Å². The van der Waals surface area contributed by atoms with Gasteiger partial charge in [0.2, 0.25) is 0 Å². The highest BCUT2D eigenvalue weighted by atomic mass is 19.4. The Morgan fingerprint density at radius 3 is 2.40 bits per heavy atom. The fourth-order valence-electron chi connectivity index (χ4n) is 3.82. The number of benzene rings is 1. The van der Waals surface area contributed by atoms with Crippen LogP contribution in [0.25, 0.3) is 0 Å². The quantitative estimate of drug-likeness (QED) is 0.825. The molecule has 0 bridgehead atoms. The minimum atomic E-state index is -4.94. The molecule has 134 valence electrons. The van der Waals surface area contributed by atoms with E-state index in [1.165, 1.54) is 0 Å². The number of hydrogen-bond acceptors (Lipinski definition) is 3. The lowest BCUT2D eigenvalue weighted by atomic mass is 9.71. The minimum absolute atomic E-state index is 0.130. The molecule has 3 atom stereocenters. The molecule has 0 spiro atoms. The molecule has 0 saturated heterocycles. The summed E-state index contributed by atoms with van der Waals surface area (Å²) < 4.78 is 38.6. The molecule has 1 aromatic rings. The van der Waals surface area contributed by atoms with Crippen molar-refractivity contribution >= 4 is 11.8 Å². The van der Waals surface area contributed by atoms with Gasteiger partial charge in [0.15, 0.2) is 0 Å². The zero-order chi connectivity index (χ0) is 18.2. The molecule has 0 aromatic heterocycles. The Morgan fingerprint density at radius 1 is 1.16 bits per heavy atom. The third-order valence-electron chi connectivity index (χ3n) is 4.96. The van der Waals surface area contributed by atoms with E-state index in [0.29, 0.717) is 12.8 Å². The molecule has 2 aliphatic carbocycles. The van der Waals surface area contributed by atoms with Gasteiger partial charge in [-0.2, -0.15) is 13.2 Å². The molecule has 1 fully saturated rings.